The maximum atomic E-state index is 12.6. The van der Waals surface area contributed by atoms with Gasteiger partial charge in [-0.3, -0.25) is 9.59 Å². The van der Waals surface area contributed by atoms with Crippen LogP contribution in [-0.4, -0.2) is 89.0 Å². The van der Waals surface area contributed by atoms with Crippen molar-refractivity contribution < 1.29 is 49.0 Å². The Labute approximate surface area is 259 Å². The topological polar surface area (TPSA) is 152 Å². The number of aliphatic hydroxyl groups is 4. The number of carbonyl (C=O) groups is 2. The summed E-state index contributed by atoms with van der Waals surface area (Å²) in [6.45, 7) is 3.34. The number of rotatable bonds is 27. The first-order valence-corrected chi connectivity index (χ1v) is 17.1. The molecule has 254 valence electrons. The van der Waals surface area contributed by atoms with Gasteiger partial charge in [-0.25, -0.2) is 0 Å². The van der Waals surface area contributed by atoms with Gasteiger partial charge in [0.25, 0.3) is 0 Å². The highest BCUT2D eigenvalue weighted by atomic mass is 16.7. The van der Waals surface area contributed by atoms with Gasteiger partial charge in [0.15, 0.2) is 12.4 Å². The van der Waals surface area contributed by atoms with E-state index >= 15 is 0 Å². The lowest BCUT2D eigenvalue weighted by Crippen LogP contribution is -2.59. The summed E-state index contributed by atoms with van der Waals surface area (Å²) < 4.78 is 21.9. The first kappa shape index (κ1) is 39.7. The Hall–Kier alpha value is -1.30. The molecule has 10 nitrogen and oxygen atoms in total. The Balaban J connectivity index is 2.46. The summed E-state index contributed by atoms with van der Waals surface area (Å²) in [7, 11) is 0. The van der Waals surface area contributed by atoms with Gasteiger partial charge in [0, 0.05) is 12.8 Å². The fourth-order valence-corrected chi connectivity index (χ4v) is 5.19. The molecule has 1 saturated heterocycles. The molecule has 0 saturated carbocycles. The second kappa shape index (κ2) is 26.0. The SMILES string of the molecule is CCCCCCCCCCCCC(=O)OC(COC(=O)CCCCCCCCCC)COC1OC(CO)C(O)C(O)C1O. The number of unbranched alkanes of at least 4 members (excludes halogenated alkanes) is 16. The van der Waals surface area contributed by atoms with E-state index in [0.29, 0.717) is 6.42 Å². The molecule has 0 amide bonds. The van der Waals surface area contributed by atoms with E-state index in [9.17, 15) is 30.0 Å². The molecular weight excluding hydrogens is 556 g/mol. The van der Waals surface area contributed by atoms with Crippen molar-refractivity contribution in [3.05, 3.63) is 0 Å². The lowest BCUT2D eigenvalue weighted by atomic mass is 9.99. The van der Waals surface area contributed by atoms with E-state index in [1.807, 2.05) is 0 Å². The molecule has 1 heterocycles. The van der Waals surface area contributed by atoms with Gasteiger partial charge < -0.3 is 39.4 Å². The summed E-state index contributed by atoms with van der Waals surface area (Å²) in [6.07, 6.45) is 12.8. The number of ether oxygens (including phenoxy) is 4. The molecule has 0 radical (unpaired) electrons. The summed E-state index contributed by atoms with van der Waals surface area (Å²) in [6, 6.07) is 0. The summed E-state index contributed by atoms with van der Waals surface area (Å²) in [5.74, 6) is -0.810. The minimum absolute atomic E-state index is 0.211. The fourth-order valence-electron chi connectivity index (χ4n) is 5.19. The van der Waals surface area contributed by atoms with Crippen LogP contribution in [0.1, 0.15) is 142 Å². The zero-order valence-corrected chi connectivity index (χ0v) is 27.0. The largest absolute Gasteiger partial charge is 0.462 e. The van der Waals surface area contributed by atoms with Gasteiger partial charge in [-0.05, 0) is 12.8 Å². The van der Waals surface area contributed by atoms with Crippen molar-refractivity contribution in [2.45, 2.75) is 179 Å². The van der Waals surface area contributed by atoms with Crippen molar-refractivity contribution in [2.75, 3.05) is 19.8 Å². The van der Waals surface area contributed by atoms with Crippen molar-refractivity contribution >= 4 is 11.9 Å². The van der Waals surface area contributed by atoms with Crippen molar-refractivity contribution in [1.29, 1.82) is 0 Å². The minimum atomic E-state index is -1.59. The zero-order valence-electron chi connectivity index (χ0n) is 27.0. The van der Waals surface area contributed by atoms with Gasteiger partial charge >= 0.3 is 11.9 Å². The third-order valence-corrected chi connectivity index (χ3v) is 7.99. The monoisotopic (exact) mass is 618 g/mol. The quantitative estimate of drug-likeness (QED) is 0.0723. The van der Waals surface area contributed by atoms with Gasteiger partial charge in [-0.2, -0.15) is 0 Å². The lowest BCUT2D eigenvalue weighted by molar-refractivity contribution is -0.305. The molecule has 0 aromatic rings. The number of aliphatic hydroxyl groups excluding tert-OH is 4. The molecular formula is C33H62O10. The molecule has 6 atom stereocenters. The van der Waals surface area contributed by atoms with E-state index < -0.39 is 49.4 Å². The van der Waals surface area contributed by atoms with Crippen molar-refractivity contribution in [3.63, 3.8) is 0 Å². The Bertz CT molecular complexity index is 689. The first-order valence-electron chi connectivity index (χ1n) is 17.1. The second-order valence-electron chi connectivity index (χ2n) is 12.0. The zero-order chi connectivity index (χ0) is 31.7. The van der Waals surface area contributed by atoms with Crippen LogP contribution in [0.25, 0.3) is 0 Å². The van der Waals surface area contributed by atoms with E-state index in [-0.39, 0.29) is 32.0 Å². The average molecular weight is 619 g/mol. The van der Waals surface area contributed by atoms with E-state index in [2.05, 4.69) is 13.8 Å². The summed E-state index contributed by atoms with van der Waals surface area (Å²) >= 11 is 0. The molecule has 0 aromatic heterocycles. The Kier molecular flexibility index (Phi) is 24.0. The van der Waals surface area contributed by atoms with E-state index in [1.165, 1.54) is 70.6 Å². The average Bonchev–Trinajstić information content (AvgIpc) is 3.00. The molecule has 6 unspecified atom stereocenters. The maximum absolute atomic E-state index is 12.6. The normalized spacial score (nSPS) is 22.8. The van der Waals surface area contributed by atoms with Crippen LogP contribution in [0.15, 0.2) is 0 Å². The van der Waals surface area contributed by atoms with Crippen molar-refractivity contribution in [1.82, 2.24) is 0 Å². The molecule has 0 spiro atoms. The van der Waals surface area contributed by atoms with Crippen LogP contribution in [0.5, 0.6) is 0 Å². The van der Waals surface area contributed by atoms with Crippen molar-refractivity contribution in [3.8, 4) is 0 Å². The molecule has 10 heteroatoms. The number of hydrogen-bond donors (Lipinski definition) is 4. The maximum Gasteiger partial charge on any atom is 0.306 e. The standard InChI is InChI=1S/C33H62O10/c1-3-5-7-9-11-13-14-16-18-20-22-29(36)42-26(24-40-28(35)21-19-17-15-12-10-8-6-4-2)25-41-33-32(39)31(38)30(37)27(23-34)43-33/h26-27,30-34,37-39H,3-25H2,1-2H3. The predicted octanol–water partition coefficient (Wildman–Crippen LogP) is 5.10. The molecule has 1 fully saturated rings. The lowest BCUT2D eigenvalue weighted by Gasteiger charge is -2.39. The van der Waals surface area contributed by atoms with E-state index in [4.69, 9.17) is 18.9 Å². The molecule has 4 N–H and O–H groups in total. The van der Waals surface area contributed by atoms with Crippen LogP contribution in [0, 0.1) is 0 Å². The van der Waals surface area contributed by atoms with Crippen LogP contribution >= 0.6 is 0 Å². The van der Waals surface area contributed by atoms with Crippen LogP contribution in [-0.2, 0) is 28.5 Å². The van der Waals surface area contributed by atoms with Gasteiger partial charge in [0.1, 0.15) is 31.0 Å². The summed E-state index contributed by atoms with van der Waals surface area (Å²) in [4.78, 5) is 24.9. The molecule has 0 aromatic carbocycles. The van der Waals surface area contributed by atoms with Gasteiger partial charge in [-0.15, -0.1) is 0 Å². The molecule has 1 rings (SSSR count). The first-order chi connectivity index (χ1) is 20.8. The van der Waals surface area contributed by atoms with Crippen molar-refractivity contribution in [2.24, 2.45) is 0 Å². The van der Waals surface area contributed by atoms with Crippen LogP contribution in [0.4, 0.5) is 0 Å². The highest BCUT2D eigenvalue weighted by Crippen LogP contribution is 2.22. The van der Waals surface area contributed by atoms with Crippen LogP contribution in [0.2, 0.25) is 0 Å². The molecule has 1 aliphatic heterocycles. The third-order valence-electron chi connectivity index (χ3n) is 7.99. The van der Waals surface area contributed by atoms with E-state index in [0.717, 1.165) is 38.5 Å². The minimum Gasteiger partial charge on any atom is -0.462 e. The molecule has 43 heavy (non-hydrogen) atoms. The summed E-state index contributed by atoms with van der Waals surface area (Å²) in [5, 5.41) is 39.7. The summed E-state index contributed by atoms with van der Waals surface area (Å²) in [5.41, 5.74) is 0. The smallest absolute Gasteiger partial charge is 0.306 e. The second-order valence-corrected chi connectivity index (χ2v) is 12.0. The predicted molar refractivity (Wildman–Crippen MR) is 164 cm³/mol. The third kappa shape index (κ3) is 19.0. The molecule has 0 aliphatic carbocycles. The number of carbonyl (C=O) groups excluding carboxylic acids is 2. The number of hydrogen-bond acceptors (Lipinski definition) is 10. The van der Waals surface area contributed by atoms with Gasteiger partial charge in [-0.1, -0.05) is 117 Å². The van der Waals surface area contributed by atoms with Gasteiger partial charge in [0.05, 0.1) is 13.2 Å². The Morgan fingerprint density at radius 1 is 0.628 bits per heavy atom. The van der Waals surface area contributed by atoms with Crippen LogP contribution < -0.4 is 0 Å². The molecule has 1 aliphatic rings. The Morgan fingerprint density at radius 2 is 1.09 bits per heavy atom. The number of esters is 2. The molecule has 0 bridgehead atoms. The van der Waals surface area contributed by atoms with Crippen LogP contribution in [0.3, 0.4) is 0 Å². The van der Waals surface area contributed by atoms with Gasteiger partial charge in [0.2, 0.25) is 0 Å². The fraction of sp³-hybridized carbons (Fsp3) is 0.939. The highest BCUT2D eigenvalue weighted by molar-refractivity contribution is 5.70. The highest BCUT2D eigenvalue weighted by Gasteiger charge is 2.44. The Morgan fingerprint density at radius 3 is 1.58 bits per heavy atom. The van der Waals surface area contributed by atoms with E-state index in [1.54, 1.807) is 0 Å².